The van der Waals surface area contributed by atoms with E-state index in [1.165, 1.54) is 6.42 Å². The average molecular weight is 263 g/mol. The summed E-state index contributed by atoms with van der Waals surface area (Å²) >= 11 is 0. The Bertz CT molecular complexity index is 404. The summed E-state index contributed by atoms with van der Waals surface area (Å²) in [7, 11) is 0. The molecule has 4 heteroatoms. The molecule has 0 aliphatic heterocycles. The Hall–Kier alpha value is -1.58. The predicted molar refractivity (Wildman–Crippen MR) is 79.4 cm³/mol. The largest absolute Gasteiger partial charge is 0.382 e. The van der Waals surface area contributed by atoms with Gasteiger partial charge in [-0.05, 0) is 44.7 Å². The van der Waals surface area contributed by atoms with Crippen molar-refractivity contribution >= 4 is 11.6 Å². The number of carbonyl (C=O) groups is 1. The molecule has 0 aliphatic carbocycles. The number of nitrogens with zero attached hydrogens (tertiary/aromatic N) is 1. The van der Waals surface area contributed by atoms with E-state index >= 15 is 0 Å². The lowest BCUT2D eigenvalue weighted by Crippen LogP contribution is -2.24. The maximum Gasteiger partial charge on any atom is 0.269 e. The number of anilines is 1. The Balaban J connectivity index is 2.59. The zero-order valence-electron chi connectivity index (χ0n) is 12.4. The van der Waals surface area contributed by atoms with E-state index in [2.05, 4.69) is 36.4 Å². The van der Waals surface area contributed by atoms with E-state index in [4.69, 9.17) is 0 Å². The van der Waals surface area contributed by atoms with E-state index in [9.17, 15) is 4.79 Å². The van der Waals surface area contributed by atoms with Gasteiger partial charge in [0.05, 0.1) is 0 Å². The SMILES string of the molecule is CCNC(=O)c1cc(NC(C)CCC(C)C)ccn1. The highest BCUT2D eigenvalue weighted by atomic mass is 16.1. The van der Waals surface area contributed by atoms with Crippen molar-refractivity contribution in [2.45, 2.75) is 46.6 Å². The van der Waals surface area contributed by atoms with Gasteiger partial charge < -0.3 is 10.6 Å². The number of rotatable bonds is 7. The van der Waals surface area contributed by atoms with Crippen LogP contribution in [0.2, 0.25) is 0 Å². The first-order chi connectivity index (χ1) is 9.02. The van der Waals surface area contributed by atoms with Crippen LogP contribution in [-0.2, 0) is 0 Å². The molecular formula is C15H25N3O. The van der Waals surface area contributed by atoms with Crippen molar-refractivity contribution in [2.24, 2.45) is 5.92 Å². The molecule has 1 aromatic rings. The van der Waals surface area contributed by atoms with Gasteiger partial charge in [0.25, 0.3) is 5.91 Å². The van der Waals surface area contributed by atoms with Crippen LogP contribution in [0.25, 0.3) is 0 Å². The van der Waals surface area contributed by atoms with Gasteiger partial charge in [0.1, 0.15) is 5.69 Å². The fourth-order valence-corrected chi connectivity index (χ4v) is 1.84. The van der Waals surface area contributed by atoms with E-state index in [1.807, 2.05) is 13.0 Å². The summed E-state index contributed by atoms with van der Waals surface area (Å²) in [5.41, 5.74) is 1.41. The maximum absolute atomic E-state index is 11.7. The summed E-state index contributed by atoms with van der Waals surface area (Å²) in [6.45, 7) is 9.13. The van der Waals surface area contributed by atoms with E-state index in [0.29, 0.717) is 24.2 Å². The molecule has 1 unspecified atom stereocenters. The van der Waals surface area contributed by atoms with Crippen LogP contribution < -0.4 is 10.6 Å². The standard InChI is InChI=1S/C15H25N3O/c1-5-16-15(19)14-10-13(8-9-17-14)18-12(4)7-6-11(2)3/h8-12H,5-7H2,1-4H3,(H,16,19)(H,17,18). The smallest absolute Gasteiger partial charge is 0.269 e. The number of hydrogen-bond acceptors (Lipinski definition) is 3. The second kappa shape index (κ2) is 7.77. The third kappa shape index (κ3) is 5.73. The van der Waals surface area contributed by atoms with Gasteiger partial charge in [-0.15, -0.1) is 0 Å². The summed E-state index contributed by atoms with van der Waals surface area (Å²) in [6, 6.07) is 4.10. The Morgan fingerprint density at radius 2 is 2.05 bits per heavy atom. The minimum atomic E-state index is -0.124. The minimum absolute atomic E-state index is 0.124. The lowest BCUT2D eigenvalue weighted by molar-refractivity contribution is 0.0951. The summed E-state index contributed by atoms with van der Waals surface area (Å²) in [6.07, 6.45) is 3.99. The Morgan fingerprint density at radius 1 is 1.32 bits per heavy atom. The summed E-state index contributed by atoms with van der Waals surface area (Å²) < 4.78 is 0. The van der Waals surface area contributed by atoms with Crippen LogP contribution in [-0.4, -0.2) is 23.5 Å². The van der Waals surface area contributed by atoms with Gasteiger partial charge in [-0.25, -0.2) is 0 Å². The molecule has 1 aromatic heterocycles. The molecule has 0 spiro atoms. The number of hydrogen-bond donors (Lipinski definition) is 2. The summed E-state index contributed by atoms with van der Waals surface area (Å²) in [5.74, 6) is 0.591. The molecule has 0 aromatic carbocycles. The van der Waals surface area contributed by atoms with Crippen LogP contribution in [0.15, 0.2) is 18.3 Å². The molecule has 4 nitrogen and oxygen atoms in total. The number of carbonyl (C=O) groups excluding carboxylic acids is 1. The van der Waals surface area contributed by atoms with Crippen molar-refractivity contribution in [3.63, 3.8) is 0 Å². The number of nitrogens with one attached hydrogen (secondary N) is 2. The zero-order chi connectivity index (χ0) is 14.3. The predicted octanol–water partition coefficient (Wildman–Crippen LogP) is 3.07. The number of pyridine rings is 1. The lowest BCUT2D eigenvalue weighted by atomic mass is 10.0. The maximum atomic E-state index is 11.7. The normalized spacial score (nSPS) is 12.3. The first-order valence-corrected chi connectivity index (χ1v) is 7.03. The van der Waals surface area contributed by atoms with Crippen molar-refractivity contribution in [2.75, 3.05) is 11.9 Å². The molecule has 1 rings (SSSR count). The van der Waals surface area contributed by atoms with Crippen LogP contribution in [0.5, 0.6) is 0 Å². The van der Waals surface area contributed by atoms with Gasteiger partial charge >= 0.3 is 0 Å². The molecule has 0 fully saturated rings. The molecule has 0 aliphatic rings. The average Bonchev–Trinajstić information content (AvgIpc) is 2.37. The molecular weight excluding hydrogens is 238 g/mol. The third-order valence-electron chi connectivity index (χ3n) is 2.92. The van der Waals surface area contributed by atoms with Gasteiger partial charge in [0.2, 0.25) is 0 Å². The molecule has 1 heterocycles. The van der Waals surface area contributed by atoms with Crippen LogP contribution in [0.4, 0.5) is 5.69 Å². The fraction of sp³-hybridized carbons (Fsp3) is 0.600. The molecule has 0 radical (unpaired) electrons. The monoisotopic (exact) mass is 263 g/mol. The quantitative estimate of drug-likeness (QED) is 0.795. The fourth-order valence-electron chi connectivity index (χ4n) is 1.84. The Labute approximate surface area is 116 Å². The molecule has 1 atom stereocenters. The highest BCUT2D eigenvalue weighted by molar-refractivity contribution is 5.93. The first-order valence-electron chi connectivity index (χ1n) is 7.03. The van der Waals surface area contributed by atoms with Crippen LogP contribution in [0.1, 0.15) is 51.0 Å². The van der Waals surface area contributed by atoms with Crippen molar-refractivity contribution < 1.29 is 4.79 Å². The molecule has 106 valence electrons. The van der Waals surface area contributed by atoms with Crippen molar-refractivity contribution in [3.8, 4) is 0 Å². The Morgan fingerprint density at radius 3 is 2.68 bits per heavy atom. The molecule has 0 bridgehead atoms. The van der Waals surface area contributed by atoms with Crippen molar-refractivity contribution in [1.82, 2.24) is 10.3 Å². The molecule has 2 N–H and O–H groups in total. The van der Waals surface area contributed by atoms with E-state index in [1.54, 1.807) is 12.3 Å². The summed E-state index contributed by atoms with van der Waals surface area (Å²) in [4.78, 5) is 15.8. The molecule has 0 saturated carbocycles. The van der Waals surface area contributed by atoms with Crippen LogP contribution >= 0.6 is 0 Å². The minimum Gasteiger partial charge on any atom is -0.382 e. The van der Waals surface area contributed by atoms with Crippen LogP contribution in [0.3, 0.4) is 0 Å². The molecule has 0 saturated heterocycles. The van der Waals surface area contributed by atoms with Gasteiger partial charge in [0, 0.05) is 24.5 Å². The van der Waals surface area contributed by atoms with Gasteiger partial charge in [-0.2, -0.15) is 0 Å². The van der Waals surface area contributed by atoms with Crippen molar-refractivity contribution in [3.05, 3.63) is 24.0 Å². The van der Waals surface area contributed by atoms with Crippen molar-refractivity contribution in [1.29, 1.82) is 0 Å². The van der Waals surface area contributed by atoms with Gasteiger partial charge in [0.15, 0.2) is 0 Å². The number of amides is 1. The topological polar surface area (TPSA) is 54.0 Å². The van der Waals surface area contributed by atoms with Crippen LogP contribution in [0, 0.1) is 5.92 Å². The van der Waals surface area contributed by atoms with E-state index in [-0.39, 0.29) is 5.91 Å². The highest BCUT2D eigenvalue weighted by Crippen LogP contribution is 2.13. The van der Waals surface area contributed by atoms with Gasteiger partial charge in [-0.3, -0.25) is 9.78 Å². The first kappa shape index (κ1) is 15.5. The lowest BCUT2D eigenvalue weighted by Gasteiger charge is -2.16. The van der Waals surface area contributed by atoms with E-state index < -0.39 is 0 Å². The zero-order valence-corrected chi connectivity index (χ0v) is 12.4. The highest BCUT2D eigenvalue weighted by Gasteiger charge is 2.08. The van der Waals surface area contributed by atoms with Gasteiger partial charge in [-0.1, -0.05) is 13.8 Å². The second-order valence-electron chi connectivity index (χ2n) is 5.31. The number of aromatic nitrogens is 1. The third-order valence-corrected chi connectivity index (χ3v) is 2.92. The second-order valence-corrected chi connectivity index (χ2v) is 5.31. The molecule has 1 amide bonds. The summed E-state index contributed by atoms with van der Waals surface area (Å²) in [5, 5.41) is 6.17. The van der Waals surface area contributed by atoms with E-state index in [0.717, 1.165) is 12.1 Å². The Kier molecular flexibility index (Phi) is 6.33. The molecule has 19 heavy (non-hydrogen) atoms.